The van der Waals surface area contributed by atoms with E-state index in [1.165, 1.54) is 0 Å². The molecule has 4 heterocycles. The maximum atomic E-state index is 12.1. The van der Waals surface area contributed by atoms with Crippen LogP contribution in [-0.2, 0) is 17.8 Å². The molecule has 0 radical (unpaired) electrons. The highest BCUT2D eigenvalue weighted by atomic mass is 16.5. The number of nitrogens with one attached hydrogen (secondary N) is 2. The number of imidazole rings is 1. The highest BCUT2D eigenvalue weighted by Gasteiger charge is 2.33. The van der Waals surface area contributed by atoms with E-state index in [-0.39, 0.29) is 11.9 Å². The van der Waals surface area contributed by atoms with Crippen molar-refractivity contribution < 1.29 is 19.0 Å². The molecule has 1 aromatic carbocycles. The molecule has 12 heteroatoms. The molecule has 3 aromatic rings. The van der Waals surface area contributed by atoms with Gasteiger partial charge in [-0.2, -0.15) is 4.98 Å². The van der Waals surface area contributed by atoms with Crippen LogP contribution < -0.4 is 35.5 Å². The normalized spacial score (nSPS) is 17.0. The van der Waals surface area contributed by atoms with Crippen molar-refractivity contribution in [3.05, 3.63) is 35.9 Å². The topological polar surface area (TPSA) is 142 Å². The van der Waals surface area contributed by atoms with Crippen LogP contribution in [0.2, 0.25) is 0 Å². The number of fused-ring (bicyclic) bond motifs is 1. The van der Waals surface area contributed by atoms with Crippen molar-refractivity contribution in [2.24, 2.45) is 5.73 Å². The van der Waals surface area contributed by atoms with Crippen LogP contribution in [0.4, 0.5) is 17.6 Å². The second kappa shape index (κ2) is 9.90. The average molecular weight is 495 g/mol. The predicted molar refractivity (Wildman–Crippen MR) is 134 cm³/mol. The molecular weight excluding hydrogens is 464 g/mol. The molecule has 2 aliphatic heterocycles. The SMILES string of the molecule is COc1cc(-n2cnc(Nc3nc4c(c(N5CCCC5C(N)=O)n3)CCNC4)c2)cc(OC)c1OC. The monoisotopic (exact) mass is 494 g/mol. The van der Waals surface area contributed by atoms with Gasteiger partial charge in [0.15, 0.2) is 17.3 Å². The Balaban J connectivity index is 1.46. The fourth-order valence-corrected chi connectivity index (χ4v) is 4.81. The van der Waals surface area contributed by atoms with Crippen LogP contribution in [0.1, 0.15) is 24.1 Å². The van der Waals surface area contributed by atoms with E-state index in [9.17, 15) is 4.79 Å². The molecule has 190 valence electrons. The Morgan fingerprint density at radius 1 is 1.17 bits per heavy atom. The molecule has 2 aromatic heterocycles. The molecule has 1 saturated heterocycles. The molecule has 0 saturated carbocycles. The van der Waals surface area contributed by atoms with E-state index in [1.807, 2.05) is 27.8 Å². The number of nitrogens with zero attached hydrogens (tertiary/aromatic N) is 5. The smallest absolute Gasteiger partial charge is 0.240 e. The first-order chi connectivity index (χ1) is 17.5. The van der Waals surface area contributed by atoms with Crippen LogP contribution >= 0.6 is 0 Å². The predicted octanol–water partition coefficient (Wildman–Crippen LogP) is 1.53. The first kappa shape index (κ1) is 23.7. The van der Waals surface area contributed by atoms with Crippen LogP contribution in [-0.4, -0.2) is 65.9 Å². The zero-order valence-corrected chi connectivity index (χ0v) is 20.6. The molecule has 0 spiro atoms. The summed E-state index contributed by atoms with van der Waals surface area (Å²) in [7, 11) is 4.71. The standard InChI is InChI=1S/C24H30N8O4/c1-34-18-9-14(10-19(35-2)21(18)36-3)31-12-20(27-13-31)29-24-28-16-11-26-7-6-15(16)23(30-24)32-8-4-5-17(32)22(25)33/h9-10,12-13,17,26H,4-8,11H2,1-3H3,(H2,25,33)(H,28,29,30). The highest BCUT2D eigenvalue weighted by Crippen LogP contribution is 2.39. The molecule has 1 fully saturated rings. The number of hydrogen-bond donors (Lipinski definition) is 3. The number of anilines is 3. The Bertz CT molecular complexity index is 1250. The number of primary amides is 1. The minimum Gasteiger partial charge on any atom is -0.493 e. The van der Waals surface area contributed by atoms with Gasteiger partial charge in [-0.15, -0.1) is 0 Å². The molecule has 4 N–H and O–H groups in total. The molecule has 1 unspecified atom stereocenters. The largest absolute Gasteiger partial charge is 0.493 e. The molecule has 5 rings (SSSR count). The van der Waals surface area contributed by atoms with Gasteiger partial charge in [0, 0.05) is 30.8 Å². The van der Waals surface area contributed by atoms with Crippen LogP contribution in [0.3, 0.4) is 0 Å². The van der Waals surface area contributed by atoms with E-state index < -0.39 is 0 Å². The number of rotatable bonds is 8. The van der Waals surface area contributed by atoms with Crippen LogP contribution in [0.5, 0.6) is 17.2 Å². The van der Waals surface area contributed by atoms with Gasteiger partial charge in [0.25, 0.3) is 0 Å². The maximum Gasteiger partial charge on any atom is 0.240 e. The summed E-state index contributed by atoms with van der Waals surface area (Å²) in [5, 5.41) is 6.58. The van der Waals surface area contributed by atoms with Crippen molar-refractivity contribution >= 4 is 23.5 Å². The van der Waals surface area contributed by atoms with E-state index in [2.05, 4.69) is 15.6 Å². The Morgan fingerprint density at radius 3 is 2.64 bits per heavy atom. The fraction of sp³-hybridized carbons (Fsp3) is 0.417. The number of ether oxygens (including phenoxy) is 3. The van der Waals surface area contributed by atoms with Crippen LogP contribution in [0, 0.1) is 0 Å². The molecule has 1 amide bonds. The van der Waals surface area contributed by atoms with Gasteiger partial charge in [0.1, 0.15) is 18.2 Å². The van der Waals surface area contributed by atoms with Gasteiger partial charge in [-0.25, -0.2) is 9.97 Å². The molecule has 0 bridgehead atoms. The van der Waals surface area contributed by atoms with E-state index in [4.69, 9.17) is 29.9 Å². The van der Waals surface area contributed by atoms with Crippen LogP contribution in [0.25, 0.3) is 5.69 Å². The third-order valence-electron chi connectivity index (χ3n) is 6.54. The number of nitrogens with two attached hydrogens (primary N) is 1. The quantitative estimate of drug-likeness (QED) is 0.422. The van der Waals surface area contributed by atoms with Crippen LogP contribution in [0.15, 0.2) is 24.7 Å². The number of carbonyl (C=O) groups excluding carboxylic acids is 1. The van der Waals surface area contributed by atoms with Gasteiger partial charge in [-0.1, -0.05) is 0 Å². The van der Waals surface area contributed by atoms with Gasteiger partial charge >= 0.3 is 0 Å². The summed E-state index contributed by atoms with van der Waals surface area (Å²) < 4.78 is 18.2. The average Bonchev–Trinajstić information content (AvgIpc) is 3.57. The first-order valence-corrected chi connectivity index (χ1v) is 11.8. The van der Waals surface area contributed by atoms with Gasteiger partial charge in [0.2, 0.25) is 17.6 Å². The molecule has 36 heavy (non-hydrogen) atoms. The lowest BCUT2D eigenvalue weighted by atomic mass is 10.1. The Labute approximate surface area is 208 Å². The van der Waals surface area contributed by atoms with Crippen molar-refractivity contribution in [3.63, 3.8) is 0 Å². The number of aromatic nitrogens is 4. The van der Waals surface area contributed by atoms with Crippen molar-refractivity contribution in [3.8, 4) is 22.9 Å². The first-order valence-electron chi connectivity index (χ1n) is 11.8. The molecule has 0 aliphatic carbocycles. The summed E-state index contributed by atoms with van der Waals surface area (Å²) in [5.74, 6) is 3.02. The van der Waals surface area contributed by atoms with E-state index in [1.54, 1.807) is 27.7 Å². The van der Waals surface area contributed by atoms with Gasteiger partial charge in [-0.05, 0) is 25.8 Å². The van der Waals surface area contributed by atoms with Gasteiger partial charge in [0.05, 0.1) is 38.9 Å². The summed E-state index contributed by atoms with van der Waals surface area (Å²) in [5.41, 5.74) is 8.45. The Kier molecular flexibility index (Phi) is 6.51. The van der Waals surface area contributed by atoms with Crippen molar-refractivity contribution in [2.75, 3.05) is 44.6 Å². The minimum absolute atomic E-state index is 0.326. The van der Waals surface area contributed by atoms with Gasteiger partial charge < -0.3 is 40.0 Å². The third-order valence-corrected chi connectivity index (χ3v) is 6.54. The van der Waals surface area contributed by atoms with Gasteiger partial charge in [-0.3, -0.25) is 4.79 Å². The Hall–Kier alpha value is -4.06. The van der Waals surface area contributed by atoms with E-state index in [0.717, 1.165) is 55.1 Å². The number of benzene rings is 1. The molecule has 2 aliphatic rings. The lowest BCUT2D eigenvalue weighted by Crippen LogP contribution is -2.42. The second-order valence-corrected chi connectivity index (χ2v) is 8.65. The summed E-state index contributed by atoms with van der Waals surface area (Å²) in [6.45, 7) is 2.21. The van der Waals surface area contributed by atoms with E-state index >= 15 is 0 Å². The maximum absolute atomic E-state index is 12.1. The minimum atomic E-state index is -0.356. The number of amides is 1. The molecular formula is C24H30N8O4. The molecule has 1 atom stereocenters. The zero-order chi connectivity index (χ0) is 25.2. The zero-order valence-electron chi connectivity index (χ0n) is 20.6. The lowest BCUT2D eigenvalue weighted by molar-refractivity contribution is -0.119. The van der Waals surface area contributed by atoms with E-state index in [0.29, 0.717) is 35.6 Å². The third kappa shape index (κ3) is 4.35. The van der Waals surface area contributed by atoms with Crippen molar-refractivity contribution in [1.29, 1.82) is 0 Å². The fourth-order valence-electron chi connectivity index (χ4n) is 4.81. The summed E-state index contributed by atoms with van der Waals surface area (Å²) in [6, 6.07) is 3.32. The Morgan fingerprint density at radius 2 is 1.94 bits per heavy atom. The van der Waals surface area contributed by atoms with Crippen molar-refractivity contribution in [1.82, 2.24) is 24.8 Å². The lowest BCUT2D eigenvalue weighted by Gasteiger charge is -2.28. The second-order valence-electron chi connectivity index (χ2n) is 8.65. The highest BCUT2D eigenvalue weighted by molar-refractivity contribution is 5.84. The van der Waals surface area contributed by atoms with Crippen molar-refractivity contribution in [2.45, 2.75) is 31.8 Å². The number of methoxy groups -OCH3 is 3. The molecule has 12 nitrogen and oxygen atoms in total. The summed E-state index contributed by atoms with van der Waals surface area (Å²) >= 11 is 0. The summed E-state index contributed by atoms with van der Waals surface area (Å²) in [4.78, 5) is 28.1. The summed E-state index contributed by atoms with van der Waals surface area (Å²) in [6.07, 6.45) is 5.92. The number of carbonyl (C=O) groups is 1. The number of hydrogen-bond acceptors (Lipinski definition) is 10.